The van der Waals surface area contributed by atoms with E-state index in [0.717, 1.165) is 18.2 Å². The predicted octanol–water partition coefficient (Wildman–Crippen LogP) is 4.42. The predicted molar refractivity (Wildman–Crippen MR) is 95.8 cm³/mol. The average molecular weight is 416 g/mol. The summed E-state index contributed by atoms with van der Waals surface area (Å²) in [5.74, 6) is -0.712. The smallest absolute Gasteiger partial charge is 0.333 e. The van der Waals surface area contributed by atoms with Crippen molar-refractivity contribution in [3.63, 3.8) is 0 Å². The summed E-state index contributed by atoms with van der Waals surface area (Å²) >= 11 is 5.84. The minimum atomic E-state index is -4.58. The highest BCUT2D eigenvalue weighted by Gasteiger charge is 2.33. The van der Waals surface area contributed by atoms with Crippen LogP contribution in [0.25, 0.3) is 0 Å². The number of urea groups is 1. The van der Waals surface area contributed by atoms with Gasteiger partial charge in [-0.25, -0.2) is 9.18 Å². The van der Waals surface area contributed by atoms with Gasteiger partial charge in [0.1, 0.15) is 5.82 Å². The zero-order valence-corrected chi connectivity index (χ0v) is 14.9. The van der Waals surface area contributed by atoms with Crippen molar-refractivity contribution in [1.82, 2.24) is 5.32 Å². The second-order valence-corrected chi connectivity index (χ2v) is 6.58. The summed E-state index contributed by atoms with van der Waals surface area (Å²) in [6.07, 6.45) is -4.58. The van der Waals surface area contributed by atoms with E-state index in [9.17, 15) is 27.2 Å². The number of carbonyl (C=O) groups is 2. The van der Waals surface area contributed by atoms with Gasteiger partial charge in [-0.15, -0.1) is 0 Å². The Kier molecular flexibility index (Phi) is 5.46. The Hall–Kier alpha value is -2.81. The van der Waals surface area contributed by atoms with Crippen LogP contribution in [0.3, 0.4) is 0 Å². The third-order valence-corrected chi connectivity index (χ3v) is 4.47. The SMILES string of the molecule is O=C(Nc1cc(C(F)(F)F)ccc1Cl)NC1CC(=O)N(c2ccc(F)cc2)C1. The minimum absolute atomic E-state index is 0.00111. The van der Waals surface area contributed by atoms with Crippen molar-refractivity contribution in [2.45, 2.75) is 18.6 Å². The monoisotopic (exact) mass is 415 g/mol. The fraction of sp³-hybridized carbons (Fsp3) is 0.222. The van der Waals surface area contributed by atoms with Gasteiger partial charge in [0.05, 0.1) is 22.3 Å². The summed E-state index contributed by atoms with van der Waals surface area (Å²) in [6.45, 7) is 0.147. The normalized spacial score (nSPS) is 17.0. The lowest BCUT2D eigenvalue weighted by molar-refractivity contribution is -0.137. The number of nitrogens with one attached hydrogen (secondary N) is 2. The van der Waals surface area contributed by atoms with Gasteiger partial charge in [-0.1, -0.05) is 11.6 Å². The van der Waals surface area contributed by atoms with Gasteiger partial charge in [-0.05, 0) is 42.5 Å². The Balaban J connectivity index is 1.64. The summed E-state index contributed by atoms with van der Waals surface area (Å²) in [4.78, 5) is 25.7. The zero-order chi connectivity index (χ0) is 20.5. The molecule has 1 atom stereocenters. The van der Waals surface area contributed by atoms with Gasteiger partial charge in [-0.3, -0.25) is 4.79 Å². The second-order valence-electron chi connectivity index (χ2n) is 6.17. The molecule has 1 saturated heterocycles. The standard InChI is InChI=1S/C18H14ClF4N3O2/c19-14-6-1-10(18(21,22)23)7-15(14)25-17(28)24-12-8-16(27)26(9-12)13-4-2-11(20)3-5-13/h1-7,12H,8-9H2,(H2,24,25,28). The highest BCUT2D eigenvalue weighted by atomic mass is 35.5. The fourth-order valence-corrected chi connectivity index (χ4v) is 2.98. The topological polar surface area (TPSA) is 61.4 Å². The minimum Gasteiger partial charge on any atom is -0.333 e. The second kappa shape index (κ2) is 7.67. The Morgan fingerprint density at radius 1 is 1.14 bits per heavy atom. The molecule has 0 bridgehead atoms. The Morgan fingerprint density at radius 3 is 2.46 bits per heavy atom. The first-order valence-electron chi connectivity index (χ1n) is 8.13. The lowest BCUT2D eigenvalue weighted by atomic mass is 10.2. The molecule has 1 heterocycles. The van der Waals surface area contributed by atoms with Crippen LogP contribution in [-0.4, -0.2) is 24.5 Å². The van der Waals surface area contributed by atoms with Crippen LogP contribution in [0.5, 0.6) is 0 Å². The Morgan fingerprint density at radius 2 is 1.82 bits per heavy atom. The molecule has 5 nitrogen and oxygen atoms in total. The van der Waals surface area contributed by atoms with Gasteiger partial charge in [-0.2, -0.15) is 13.2 Å². The van der Waals surface area contributed by atoms with E-state index in [-0.39, 0.29) is 29.6 Å². The van der Waals surface area contributed by atoms with Gasteiger partial charge in [0.15, 0.2) is 0 Å². The zero-order valence-electron chi connectivity index (χ0n) is 14.2. The third kappa shape index (κ3) is 4.53. The molecule has 0 radical (unpaired) electrons. The van der Waals surface area contributed by atoms with Crippen LogP contribution in [0.4, 0.5) is 33.7 Å². The summed E-state index contributed by atoms with van der Waals surface area (Å²) in [6, 6.07) is 6.53. The van der Waals surface area contributed by atoms with Gasteiger partial charge in [0.2, 0.25) is 5.91 Å². The molecule has 0 aromatic heterocycles. The summed E-state index contributed by atoms with van der Waals surface area (Å²) in [7, 11) is 0. The number of alkyl halides is 3. The Bertz CT molecular complexity index is 903. The van der Waals surface area contributed by atoms with Crippen molar-refractivity contribution in [3.8, 4) is 0 Å². The molecule has 0 saturated carbocycles. The molecule has 2 aromatic rings. The molecule has 1 aliphatic heterocycles. The van der Waals surface area contributed by atoms with Gasteiger partial charge in [0.25, 0.3) is 0 Å². The van der Waals surface area contributed by atoms with Crippen molar-refractivity contribution in [3.05, 3.63) is 58.9 Å². The van der Waals surface area contributed by atoms with Crippen molar-refractivity contribution in [1.29, 1.82) is 0 Å². The molecular weight excluding hydrogens is 402 g/mol. The van der Waals surface area contributed by atoms with Crippen molar-refractivity contribution in [2.24, 2.45) is 0 Å². The van der Waals surface area contributed by atoms with Crippen LogP contribution >= 0.6 is 11.6 Å². The molecule has 2 N–H and O–H groups in total. The number of carbonyl (C=O) groups excluding carboxylic acids is 2. The first-order chi connectivity index (χ1) is 13.1. The van der Waals surface area contributed by atoms with Crippen LogP contribution in [0.1, 0.15) is 12.0 Å². The quantitative estimate of drug-likeness (QED) is 0.729. The molecule has 0 spiro atoms. The number of benzene rings is 2. The van der Waals surface area contributed by atoms with Crippen molar-refractivity contribution >= 4 is 34.9 Å². The van der Waals surface area contributed by atoms with Crippen molar-refractivity contribution in [2.75, 3.05) is 16.8 Å². The van der Waals surface area contributed by atoms with E-state index in [1.54, 1.807) is 0 Å². The number of amides is 3. The number of hydrogen-bond donors (Lipinski definition) is 2. The summed E-state index contributed by atoms with van der Waals surface area (Å²) in [5, 5.41) is 4.74. The van der Waals surface area contributed by atoms with E-state index in [0.29, 0.717) is 5.69 Å². The maximum atomic E-state index is 13.0. The number of halogens is 5. The molecule has 2 aromatic carbocycles. The molecule has 148 valence electrons. The number of nitrogens with zero attached hydrogens (tertiary/aromatic N) is 1. The van der Waals surface area contributed by atoms with E-state index in [4.69, 9.17) is 11.6 Å². The summed E-state index contributed by atoms with van der Waals surface area (Å²) in [5.41, 5.74) is -0.670. The van der Waals surface area contributed by atoms with E-state index in [1.807, 2.05) is 0 Å². The number of hydrogen-bond acceptors (Lipinski definition) is 2. The highest BCUT2D eigenvalue weighted by molar-refractivity contribution is 6.33. The maximum Gasteiger partial charge on any atom is 0.416 e. The molecule has 3 rings (SSSR count). The molecule has 3 amide bonds. The lowest BCUT2D eigenvalue weighted by Crippen LogP contribution is -2.39. The van der Waals surface area contributed by atoms with E-state index >= 15 is 0 Å². The average Bonchev–Trinajstić information content (AvgIpc) is 2.96. The Labute approximate surface area is 162 Å². The maximum absolute atomic E-state index is 13.0. The molecule has 1 unspecified atom stereocenters. The number of rotatable bonds is 3. The molecule has 1 aliphatic rings. The van der Waals surface area contributed by atoms with Crippen LogP contribution < -0.4 is 15.5 Å². The van der Waals surface area contributed by atoms with Gasteiger partial charge in [0, 0.05) is 18.7 Å². The largest absolute Gasteiger partial charge is 0.416 e. The van der Waals surface area contributed by atoms with Gasteiger partial charge >= 0.3 is 12.2 Å². The molecule has 0 aliphatic carbocycles. The molecular formula is C18H14ClF4N3O2. The van der Waals surface area contributed by atoms with Crippen LogP contribution in [0, 0.1) is 5.82 Å². The van der Waals surface area contributed by atoms with Crippen LogP contribution in [0.2, 0.25) is 5.02 Å². The first kappa shape index (κ1) is 19.9. The van der Waals surface area contributed by atoms with E-state index in [1.165, 1.54) is 29.2 Å². The summed E-state index contributed by atoms with van der Waals surface area (Å²) < 4.78 is 51.4. The fourth-order valence-electron chi connectivity index (χ4n) is 2.82. The molecule has 28 heavy (non-hydrogen) atoms. The lowest BCUT2D eigenvalue weighted by Gasteiger charge is -2.18. The third-order valence-electron chi connectivity index (χ3n) is 4.14. The van der Waals surface area contributed by atoms with E-state index < -0.39 is 29.6 Å². The molecule has 10 heteroatoms. The van der Waals surface area contributed by atoms with Gasteiger partial charge < -0.3 is 15.5 Å². The van der Waals surface area contributed by atoms with Crippen molar-refractivity contribution < 1.29 is 27.2 Å². The first-order valence-corrected chi connectivity index (χ1v) is 8.51. The highest BCUT2D eigenvalue weighted by Crippen LogP contribution is 2.33. The van der Waals surface area contributed by atoms with Crippen LogP contribution in [0.15, 0.2) is 42.5 Å². The molecule has 1 fully saturated rings. The number of anilines is 2. The van der Waals surface area contributed by atoms with Crippen LogP contribution in [-0.2, 0) is 11.0 Å². The van der Waals surface area contributed by atoms with E-state index in [2.05, 4.69) is 10.6 Å².